The quantitative estimate of drug-likeness (QED) is 0.863. The number of nitrogens with zero attached hydrogens (tertiary/aromatic N) is 2. The molecular weight excluding hydrogens is 274 g/mol. The number of anilines is 1. The first-order valence-electron chi connectivity index (χ1n) is 4.62. The first kappa shape index (κ1) is 12.4. The van der Waals surface area contributed by atoms with Crippen molar-refractivity contribution in [2.45, 2.75) is 6.92 Å². The minimum Gasteiger partial charge on any atom is -0.393 e. The molecule has 1 atom stereocenters. The van der Waals surface area contributed by atoms with Gasteiger partial charge in [-0.05, 0) is 22.0 Å². The highest BCUT2D eigenvalue weighted by Gasteiger charge is 2.11. The summed E-state index contributed by atoms with van der Waals surface area (Å²) in [7, 11) is 2.01. The normalized spacial score (nSPS) is 12.2. The fourth-order valence-electron chi connectivity index (χ4n) is 1.28. The number of halogens is 1. The number of rotatable bonds is 4. The zero-order chi connectivity index (χ0) is 11.4. The van der Waals surface area contributed by atoms with Crippen molar-refractivity contribution in [3.8, 4) is 0 Å². The van der Waals surface area contributed by atoms with E-state index in [1.807, 2.05) is 20.0 Å². The van der Waals surface area contributed by atoms with E-state index in [4.69, 9.17) is 18.0 Å². The highest BCUT2D eigenvalue weighted by Crippen LogP contribution is 2.24. The van der Waals surface area contributed by atoms with Gasteiger partial charge in [0.05, 0.1) is 15.1 Å². The van der Waals surface area contributed by atoms with Gasteiger partial charge in [-0.2, -0.15) is 0 Å². The van der Waals surface area contributed by atoms with Crippen molar-refractivity contribution in [1.29, 1.82) is 0 Å². The summed E-state index contributed by atoms with van der Waals surface area (Å²) in [6.45, 7) is 2.83. The molecule has 5 heteroatoms. The van der Waals surface area contributed by atoms with Crippen molar-refractivity contribution in [3.05, 3.63) is 22.9 Å². The summed E-state index contributed by atoms with van der Waals surface area (Å²) in [6, 6.07) is 1.95. The van der Waals surface area contributed by atoms with Crippen molar-refractivity contribution in [2.24, 2.45) is 11.7 Å². The number of thiocarbonyl (C=S) groups is 1. The Morgan fingerprint density at radius 1 is 1.73 bits per heavy atom. The predicted molar refractivity (Wildman–Crippen MR) is 71.2 cm³/mol. The van der Waals surface area contributed by atoms with Crippen LogP contribution in [0.3, 0.4) is 0 Å². The third kappa shape index (κ3) is 3.43. The van der Waals surface area contributed by atoms with E-state index < -0.39 is 0 Å². The SMILES string of the molecule is CC(CN(C)c1ccncc1Br)C(N)=S. The van der Waals surface area contributed by atoms with Crippen LogP contribution in [0.4, 0.5) is 5.69 Å². The van der Waals surface area contributed by atoms with E-state index in [2.05, 4.69) is 25.8 Å². The van der Waals surface area contributed by atoms with Crippen molar-refractivity contribution in [1.82, 2.24) is 4.98 Å². The fraction of sp³-hybridized carbons (Fsp3) is 0.400. The fourth-order valence-corrected chi connectivity index (χ4v) is 1.90. The van der Waals surface area contributed by atoms with Crippen LogP contribution in [-0.2, 0) is 0 Å². The summed E-state index contributed by atoms with van der Waals surface area (Å²) in [5.74, 6) is 0.199. The number of nitrogens with two attached hydrogens (primary N) is 1. The molecule has 0 saturated carbocycles. The lowest BCUT2D eigenvalue weighted by Gasteiger charge is -2.23. The van der Waals surface area contributed by atoms with Crippen LogP contribution < -0.4 is 10.6 Å². The minimum atomic E-state index is 0.199. The molecule has 0 aliphatic heterocycles. The Bertz CT molecular complexity index is 356. The second-order valence-corrected chi connectivity index (χ2v) is 4.84. The zero-order valence-electron chi connectivity index (χ0n) is 8.77. The van der Waals surface area contributed by atoms with Crippen molar-refractivity contribution >= 4 is 38.8 Å². The van der Waals surface area contributed by atoms with Gasteiger partial charge in [0.1, 0.15) is 0 Å². The monoisotopic (exact) mass is 287 g/mol. The van der Waals surface area contributed by atoms with Gasteiger partial charge >= 0.3 is 0 Å². The summed E-state index contributed by atoms with van der Waals surface area (Å²) in [5, 5.41) is 0. The molecule has 3 nitrogen and oxygen atoms in total. The molecule has 15 heavy (non-hydrogen) atoms. The molecular formula is C10H14BrN3S. The van der Waals surface area contributed by atoms with E-state index in [9.17, 15) is 0 Å². The Morgan fingerprint density at radius 2 is 2.40 bits per heavy atom. The van der Waals surface area contributed by atoms with Gasteiger partial charge in [-0.25, -0.2) is 0 Å². The number of hydrogen-bond donors (Lipinski definition) is 1. The van der Waals surface area contributed by atoms with Crippen LogP contribution >= 0.6 is 28.1 Å². The highest BCUT2D eigenvalue weighted by atomic mass is 79.9. The molecule has 2 N–H and O–H groups in total. The maximum atomic E-state index is 5.58. The van der Waals surface area contributed by atoms with Gasteiger partial charge in [-0.3, -0.25) is 4.98 Å². The maximum absolute atomic E-state index is 5.58. The molecule has 0 aliphatic carbocycles. The second-order valence-electron chi connectivity index (χ2n) is 3.51. The Kier molecular flexibility index (Phi) is 4.47. The highest BCUT2D eigenvalue weighted by molar-refractivity contribution is 9.10. The van der Waals surface area contributed by atoms with E-state index in [-0.39, 0.29) is 5.92 Å². The molecule has 1 unspecified atom stereocenters. The number of aromatic nitrogens is 1. The third-order valence-corrected chi connectivity index (χ3v) is 3.21. The van der Waals surface area contributed by atoms with Gasteiger partial charge in [0.15, 0.2) is 0 Å². The molecule has 0 spiro atoms. The first-order valence-corrected chi connectivity index (χ1v) is 5.82. The summed E-state index contributed by atoms with van der Waals surface area (Å²) in [4.78, 5) is 6.67. The van der Waals surface area contributed by atoms with E-state index in [1.54, 1.807) is 12.4 Å². The van der Waals surface area contributed by atoms with Crippen LogP contribution in [0.25, 0.3) is 0 Å². The van der Waals surface area contributed by atoms with Crippen LogP contribution in [0.2, 0.25) is 0 Å². The minimum absolute atomic E-state index is 0.199. The molecule has 0 aliphatic rings. The lowest BCUT2D eigenvalue weighted by molar-refractivity contribution is 0.741. The van der Waals surface area contributed by atoms with Crippen molar-refractivity contribution in [3.63, 3.8) is 0 Å². The Morgan fingerprint density at radius 3 is 2.93 bits per heavy atom. The molecule has 1 heterocycles. The van der Waals surface area contributed by atoms with Crippen molar-refractivity contribution < 1.29 is 0 Å². The maximum Gasteiger partial charge on any atom is 0.0773 e. The average Bonchev–Trinajstić information content (AvgIpc) is 2.18. The molecule has 1 aromatic rings. The molecule has 0 aromatic carbocycles. The predicted octanol–water partition coefficient (Wildman–Crippen LogP) is 2.20. The van der Waals surface area contributed by atoms with Gasteiger partial charge in [-0.15, -0.1) is 0 Å². The van der Waals surface area contributed by atoms with Gasteiger partial charge in [0.25, 0.3) is 0 Å². The van der Waals surface area contributed by atoms with Gasteiger partial charge in [-0.1, -0.05) is 19.1 Å². The standard InChI is InChI=1S/C10H14BrN3S/c1-7(10(12)15)6-14(2)9-3-4-13-5-8(9)11/h3-5,7H,6H2,1-2H3,(H2,12,15). The third-order valence-electron chi connectivity index (χ3n) is 2.20. The lowest BCUT2D eigenvalue weighted by Crippen LogP contribution is -2.31. The van der Waals surface area contributed by atoms with Crippen LogP contribution in [-0.4, -0.2) is 23.6 Å². The van der Waals surface area contributed by atoms with Gasteiger partial charge in [0.2, 0.25) is 0 Å². The van der Waals surface area contributed by atoms with Gasteiger partial charge in [0, 0.05) is 31.9 Å². The molecule has 1 aromatic heterocycles. The first-order chi connectivity index (χ1) is 7.02. The molecule has 0 bridgehead atoms. The van der Waals surface area contributed by atoms with Crippen LogP contribution in [0.5, 0.6) is 0 Å². The topological polar surface area (TPSA) is 42.2 Å². The molecule has 1 rings (SSSR count). The zero-order valence-corrected chi connectivity index (χ0v) is 11.2. The Hall–Kier alpha value is -0.680. The summed E-state index contributed by atoms with van der Waals surface area (Å²) < 4.78 is 0.975. The van der Waals surface area contributed by atoms with Crippen LogP contribution in [0.15, 0.2) is 22.9 Å². The number of pyridine rings is 1. The molecule has 0 radical (unpaired) electrons. The molecule has 0 amide bonds. The van der Waals surface area contributed by atoms with E-state index >= 15 is 0 Å². The Labute approximate surface area is 104 Å². The summed E-state index contributed by atoms with van der Waals surface area (Å²) in [5.41, 5.74) is 6.67. The van der Waals surface area contributed by atoms with E-state index in [0.29, 0.717) is 4.99 Å². The van der Waals surface area contributed by atoms with Gasteiger partial charge < -0.3 is 10.6 Å². The molecule has 0 fully saturated rings. The molecule has 0 saturated heterocycles. The largest absolute Gasteiger partial charge is 0.393 e. The van der Waals surface area contributed by atoms with Crippen LogP contribution in [0.1, 0.15) is 6.92 Å². The lowest BCUT2D eigenvalue weighted by atomic mass is 10.1. The number of hydrogen-bond acceptors (Lipinski definition) is 3. The van der Waals surface area contributed by atoms with E-state index in [1.165, 1.54) is 0 Å². The second kappa shape index (κ2) is 5.42. The smallest absolute Gasteiger partial charge is 0.0773 e. The Balaban J connectivity index is 2.73. The summed E-state index contributed by atoms with van der Waals surface area (Å²) >= 11 is 8.40. The van der Waals surface area contributed by atoms with Crippen LogP contribution in [0, 0.1) is 5.92 Å². The molecule has 82 valence electrons. The van der Waals surface area contributed by atoms with E-state index in [0.717, 1.165) is 16.7 Å². The average molecular weight is 288 g/mol. The summed E-state index contributed by atoms with van der Waals surface area (Å²) in [6.07, 6.45) is 3.54. The van der Waals surface area contributed by atoms with Crippen molar-refractivity contribution in [2.75, 3.05) is 18.5 Å².